The zero-order valence-electron chi connectivity index (χ0n) is 7.06. The molecule has 6 heteroatoms. The van der Waals surface area contributed by atoms with E-state index < -0.39 is 0 Å². The van der Waals surface area contributed by atoms with Gasteiger partial charge in [-0.3, -0.25) is 4.40 Å². The van der Waals surface area contributed by atoms with E-state index in [-0.39, 0.29) is 0 Å². The molecule has 0 aliphatic carbocycles. The lowest BCUT2D eigenvalue weighted by Crippen LogP contribution is -2.10. The lowest BCUT2D eigenvalue weighted by Gasteiger charge is -2.04. The van der Waals surface area contributed by atoms with Gasteiger partial charge in [-0.2, -0.15) is 4.98 Å². The summed E-state index contributed by atoms with van der Waals surface area (Å²) in [7, 11) is 1.54. The molecule has 0 aliphatic rings. The van der Waals surface area contributed by atoms with Gasteiger partial charge in [0.05, 0.1) is 13.3 Å². The van der Waals surface area contributed by atoms with Crippen molar-refractivity contribution in [3.8, 4) is 5.88 Å². The van der Waals surface area contributed by atoms with Crippen LogP contribution in [0.2, 0.25) is 0 Å². The Morgan fingerprint density at radius 3 is 3.15 bits per heavy atom. The molecule has 0 amide bonds. The minimum absolute atomic E-state index is 0.445. The molecule has 0 bridgehead atoms. The normalized spacial score (nSPS) is 10.3. The summed E-state index contributed by atoms with van der Waals surface area (Å²) in [6.45, 7) is 0. The number of rotatable bonds is 2. The summed E-state index contributed by atoms with van der Waals surface area (Å²) < 4.78 is 6.82. The summed E-state index contributed by atoms with van der Waals surface area (Å²) in [5, 5.41) is 0. The number of hydrogen-bond acceptors (Lipinski definition) is 5. The van der Waals surface area contributed by atoms with E-state index in [1.807, 2.05) is 0 Å². The van der Waals surface area contributed by atoms with Crippen LogP contribution in [0.3, 0.4) is 0 Å². The van der Waals surface area contributed by atoms with E-state index in [0.717, 1.165) is 0 Å². The molecule has 2 rings (SSSR count). The Morgan fingerprint density at radius 2 is 2.46 bits per heavy atom. The van der Waals surface area contributed by atoms with Crippen LogP contribution in [0.4, 0.5) is 5.82 Å². The second-order valence-corrected chi connectivity index (χ2v) is 2.44. The van der Waals surface area contributed by atoms with Crippen LogP contribution in [0.1, 0.15) is 0 Å². The van der Waals surface area contributed by atoms with Crippen molar-refractivity contribution in [2.24, 2.45) is 5.84 Å². The zero-order valence-corrected chi connectivity index (χ0v) is 7.06. The molecule has 0 spiro atoms. The second-order valence-electron chi connectivity index (χ2n) is 2.44. The van der Waals surface area contributed by atoms with E-state index in [2.05, 4.69) is 15.4 Å². The molecule has 0 aromatic carbocycles. The van der Waals surface area contributed by atoms with Crippen molar-refractivity contribution in [2.45, 2.75) is 0 Å². The summed E-state index contributed by atoms with van der Waals surface area (Å²) in [4.78, 5) is 8.14. The first kappa shape index (κ1) is 7.81. The van der Waals surface area contributed by atoms with Crippen molar-refractivity contribution in [1.82, 2.24) is 14.4 Å². The number of nitrogen functional groups attached to an aromatic ring is 1. The third kappa shape index (κ3) is 1.17. The number of nitrogens with one attached hydrogen (secondary N) is 1. The summed E-state index contributed by atoms with van der Waals surface area (Å²) in [5.74, 6) is 6.21. The van der Waals surface area contributed by atoms with Crippen molar-refractivity contribution < 1.29 is 4.74 Å². The van der Waals surface area contributed by atoms with Gasteiger partial charge in [-0.25, -0.2) is 10.8 Å². The molecule has 0 radical (unpaired) electrons. The van der Waals surface area contributed by atoms with Gasteiger partial charge in [0, 0.05) is 12.4 Å². The van der Waals surface area contributed by atoms with Crippen LogP contribution in [-0.2, 0) is 0 Å². The molecule has 2 heterocycles. The van der Waals surface area contributed by atoms with Gasteiger partial charge < -0.3 is 10.2 Å². The third-order valence-corrected chi connectivity index (χ3v) is 1.68. The fraction of sp³-hybridized carbons (Fsp3) is 0.143. The van der Waals surface area contributed by atoms with Gasteiger partial charge in [0.2, 0.25) is 5.65 Å². The average Bonchev–Trinajstić information content (AvgIpc) is 2.63. The van der Waals surface area contributed by atoms with Gasteiger partial charge in [-0.1, -0.05) is 0 Å². The second kappa shape index (κ2) is 2.91. The Morgan fingerprint density at radius 1 is 1.62 bits per heavy atom. The van der Waals surface area contributed by atoms with Gasteiger partial charge in [-0.05, 0) is 0 Å². The van der Waals surface area contributed by atoms with Crippen LogP contribution in [-0.4, -0.2) is 21.5 Å². The molecule has 13 heavy (non-hydrogen) atoms. The quantitative estimate of drug-likeness (QED) is 0.502. The number of hydrazine groups is 1. The maximum Gasteiger partial charge on any atom is 0.260 e. The van der Waals surface area contributed by atoms with Gasteiger partial charge in [0.15, 0.2) is 5.82 Å². The SMILES string of the molecule is COc1nc(NN)cn2ccnc12. The number of fused-ring (bicyclic) bond motifs is 1. The lowest BCUT2D eigenvalue weighted by molar-refractivity contribution is 0.400. The Labute approximate surface area is 74.3 Å². The van der Waals surface area contributed by atoms with Crippen LogP contribution in [0.25, 0.3) is 5.65 Å². The zero-order chi connectivity index (χ0) is 9.26. The molecular weight excluding hydrogens is 170 g/mol. The van der Waals surface area contributed by atoms with Gasteiger partial charge in [0.1, 0.15) is 0 Å². The Balaban J connectivity index is 2.70. The lowest BCUT2D eigenvalue weighted by atomic mass is 10.6. The summed E-state index contributed by atoms with van der Waals surface area (Å²) in [6, 6.07) is 0. The predicted octanol–water partition coefficient (Wildman–Crippen LogP) is 0.0235. The molecule has 0 unspecified atom stereocenters. The summed E-state index contributed by atoms with van der Waals surface area (Å²) in [5.41, 5.74) is 3.11. The van der Waals surface area contributed by atoms with E-state index >= 15 is 0 Å². The van der Waals surface area contributed by atoms with E-state index in [0.29, 0.717) is 17.3 Å². The highest BCUT2D eigenvalue weighted by Gasteiger charge is 2.05. The van der Waals surface area contributed by atoms with Gasteiger partial charge in [0.25, 0.3) is 5.88 Å². The number of methoxy groups -OCH3 is 1. The number of anilines is 1. The minimum atomic E-state index is 0.445. The molecule has 0 saturated carbocycles. The van der Waals surface area contributed by atoms with Crippen molar-refractivity contribution in [3.05, 3.63) is 18.6 Å². The van der Waals surface area contributed by atoms with Crippen LogP contribution < -0.4 is 16.0 Å². The van der Waals surface area contributed by atoms with E-state index in [1.165, 1.54) is 7.11 Å². The number of aromatic nitrogens is 3. The van der Waals surface area contributed by atoms with Crippen LogP contribution >= 0.6 is 0 Å². The minimum Gasteiger partial charge on any atom is -0.478 e. The molecule has 2 aromatic rings. The summed E-state index contributed by atoms with van der Waals surface area (Å²) >= 11 is 0. The fourth-order valence-electron chi connectivity index (χ4n) is 1.11. The number of nitrogens with two attached hydrogens (primary N) is 1. The highest BCUT2D eigenvalue weighted by atomic mass is 16.5. The first-order valence-electron chi connectivity index (χ1n) is 3.69. The van der Waals surface area contributed by atoms with Gasteiger partial charge >= 0.3 is 0 Å². The first-order valence-corrected chi connectivity index (χ1v) is 3.69. The number of hydrogen-bond donors (Lipinski definition) is 2. The third-order valence-electron chi connectivity index (χ3n) is 1.68. The Kier molecular flexibility index (Phi) is 1.75. The highest BCUT2D eigenvalue weighted by molar-refractivity contribution is 5.53. The Bertz CT molecular complexity index is 424. The number of imidazole rings is 1. The van der Waals surface area contributed by atoms with Crippen molar-refractivity contribution in [3.63, 3.8) is 0 Å². The molecular formula is C7H9N5O. The average molecular weight is 179 g/mol. The highest BCUT2D eigenvalue weighted by Crippen LogP contribution is 2.16. The van der Waals surface area contributed by atoms with Crippen LogP contribution in [0.5, 0.6) is 5.88 Å². The number of ether oxygens (including phenoxy) is 1. The Hall–Kier alpha value is -1.82. The van der Waals surface area contributed by atoms with E-state index in [4.69, 9.17) is 10.6 Å². The number of nitrogens with zero attached hydrogens (tertiary/aromatic N) is 3. The smallest absolute Gasteiger partial charge is 0.260 e. The van der Waals surface area contributed by atoms with E-state index in [9.17, 15) is 0 Å². The first-order chi connectivity index (χ1) is 6.35. The van der Waals surface area contributed by atoms with Crippen LogP contribution in [0, 0.1) is 0 Å². The molecule has 6 nitrogen and oxygen atoms in total. The fourth-order valence-corrected chi connectivity index (χ4v) is 1.11. The monoisotopic (exact) mass is 179 g/mol. The molecule has 0 atom stereocenters. The van der Waals surface area contributed by atoms with E-state index in [1.54, 1.807) is 23.0 Å². The molecule has 68 valence electrons. The largest absolute Gasteiger partial charge is 0.478 e. The van der Waals surface area contributed by atoms with Crippen molar-refractivity contribution in [2.75, 3.05) is 12.5 Å². The molecule has 0 fully saturated rings. The van der Waals surface area contributed by atoms with Gasteiger partial charge in [-0.15, -0.1) is 0 Å². The topological polar surface area (TPSA) is 77.5 Å². The molecule has 2 aromatic heterocycles. The molecule has 0 saturated heterocycles. The molecule has 0 aliphatic heterocycles. The maximum absolute atomic E-state index is 5.23. The predicted molar refractivity (Wildman–Crippen MR) is 47.3 cm³/mol. The van der Waals surface area contributed by atoms with Crippen LogP contribution in [0.15, 0.2) is 18.6 Å². The summed E-state index contributed by atoms with van der Waals surface area (Å²) in [6.07, 6.45) is 5.19. The van der Waals surface area contributed by atoms with Crippen molar-refractivity contribution >= 4 is 11.5 Å². The van der Waals surface area contributed by atoms with Crippen molar-refractivity contribution in [1.29, 1.82) is 0 Å². The molecule has 3 N–H and O–H groups in total. The maximum atomic E-state index is 5.23. The standard InChI is InChI=1S/C7H9N5O/c1-13-7-6-9-2-3-12(6)4-5(10-7)11-8/h2-4,11H,8H2,1H3.